The summed E-state index contributed by atoms with van der Waals surface area (Å²) in [5.41, 5.74) is 3.25. The van der Waals surface area contributed by atoms with Gasteiger partial charge in [-0.15, -0.1) is 0 Å². The molecule has 1 aromatic heterocycles. The van der Waals surface area contributed by atoms with Crippen LogP contribution in [0.2, 0.25) is 0 Å². The highest BCUT2D eigenvalue weighted by atomic mass is 127. The van der Waals surface area contributed by atoms with Gasteiger partial charge in [-0.2, -0.15) is 0 Å². The Bertz CT molecular complexity index is 1020. The fraction of sp³-hybridized carbons (Fsp3) is 0.286. The molecule has 0 spiro atoms. The van der Waals surface area contributed by atoms with Crippen LogP contribution in [0.15, 0.2) is 54.7 Å². The molecule has 0 aliphatic carbocycles. The SMILES string of the molecule is O=[N+]([O-])c1cn2c(n1)OC[C@@H](OCc1ccc(-c3cccc(OCCI)c3)cc1)C2. The molecule has 2 aromatic carbocycles. The summed E-state index contributed by atoms with van der Waals surface area (Å²) in [6, 6.07) is 16.5. The van der Waals surface area contributed by atoms with Crippen molar-refractivity contribution in [2.24, 2.45) is 0 Å². The van der Waals surface area contributed by atoms with Gasteiger partial charge in [0.25, 0.3) is 0 Å². The molecular formula is C21H20IN3O5. The van der Waals surface area contributed by atoms with Crippen molar-refractivity contribution in [3.05, 3.63) is 70.4 Å². The van der Waals surface area contributed by atoms with Crippen LogP contribution in [0, 0.1) is 10.1 Å². The summed E-state index contributed by atoms with van der Waals surface area (Å²) in [5, 5.41) is 10.8. The van der Waals surface area contributed by atoms with E-state index in [-0.39, 0.29) is 17.9 Å². The van der Waals surface area contributed by atoms with Crippen LogP contribution in [-0.2, 0) is 17.9 Å². The Labute approximate surface area is 187 Å². The Kier molecular flexibility index (Phi) is 6.48. The average Bonchev–Trinajstić information content (AvgIpc) is 3.21. The van der Waals surface area contributed by atoms with Crippen LogP contribution in [-0.4, -0.2) is 38.2 Å². The van der Waals surface area contributed by atoms with E-state index in [1.165, 1.54) is 6.20 Å². The Morgan fingerprint density at radius 1 is 1.23 bits per heavy atom. The van der Waals surface area contributed by atoms with E-state index >= 15 is 0 Å². The Balaban J connectivity index is 1.34. The van der Waals surface area contributed by atoms with Gasteiger partial charge in [0, 0.05) is 9.41 Å². The van der Waals surface area contributed by atoms with Crippen molar-refractivity contribution in [3.8, 4) is 22.9 Å². The number of alkyl halides is 1. The minimum Gasteiger partial charge on any atom is -0.493 e. The Morgan fingerprint density at radius 2 is 2.07 bits per heavy atom. The molecule has 0 unspecified atom stereocenters. The highest BCUT2D eigenvalue weighted by Gasteiger charge is 2.28. The monoisotopic (exact) mass is 521 g/mol. The number of nitro groups is 1. The van der Waals surface area contributed by atoms with Crippen molar-refractivity contribution in [1.82, 2.24) is 9.55 Å². The van der Waals surface area contributed by atoms with E-state index in [0.29, 0.717) is 26.4 Å². The predicted molar refractivity (Wildman–Crippen MR) is 119 cm³/mol. The zero-order chi connectivity index (χ0) is 20.9. The molecule has 3 aromatic rings. The van der Waals surface area contributed by atoms with Gasteiger partial charge in [-0.3, -0.25) is 4.57 Å². The van der Waals surface area contributed by atoms with Gasteiger partial charge in [-0.25, -0.2) is 0 Å². The molecule has 0 fully saturated rings. The number of hydrogen-bond acceptors (Lipinski definition) is 6. The van der Waals surface area contributed by atoms with Crippen molar-refractivity contribution < 1.29 is 19.1 Å². The smallest absolute Gasteiger partial charge is 0.414 e. The molecule has 30 heavy (non-hydrogen) atoms. The number of aromatic nitrogens is 2. The maximum absolute atomic E-state index is 10.8. The van der Waals surface area contributed by atoms with E-state index in [9.17, 15) is 10.1 Å². The van der Waals surface area contributed by atoms with Crippen molar-refractivity contribution in [1.29, 1.82) is 0 Å². The summed E-state index contributed by atoms with van der Waals surface area (Å²) < 4.78 is 19.7. The number of fused-ring (bicyclic) bond motifs is 1. The van der Waals surface area contributed by atoms with Crippen LogP contribution in [0.1, 0.15) is 5.56 Å². The first-order chi connectivity index (χ1) is 14.6. The van der Waals surface area contributed by atoms with E-state index in [1.807, 2.05) is 30.3 Å². The first kappa shape index (κ1) is 20.6. The van der Waals surface area contributed by atoms with Gasteiger partial charge in [0.2, 0.25) is 0 Å². The number of halogens is 1. The number of hydrogen-bond donors (Lipinski definition) is 0. The van der Waals surface area contributed by atoms with Crippen LogP contribution >= 0.6 is 22.6 Å². The maximum atomic E-state index is 10.8. The molecule has 0 saturated heterocycles. The fourth-order valence-corrected chi connectivity index (χ4v) is 3.41. The molecule has 1 atom stereocenters. The molecule has 9 heteroatoms. The predicted octanol–water partition coefficient (Wildman–Crippen LogP) is 4.25. The molecule has 4 rings (SSSR count). The van der Waals surface area contributed by atoms with E-state index in [0.717, 1.165) is 26.9 Å². The maximum Gasteiger partial charge on any atom is 0.414 e. The third-order valence-corrected chi connectivity index (χ3v) is 5.11. The average molecular weight is 521 g/mol. The van der Waals surface area contributed by atoms with Crippen molar-refractivity contribution in [2.75, 3.05) is 17.6 Å². The lowest BCUT2D eigenvalue weighted by Crippen LogP contribution is -2.32. The minimum atomic E-state index is -0.530. The molecule has 1 aliphatic heterocycles. The number of imidazole rings is 1. The van der Waals surface area contributed by atoms with Crippen molar-refractivity contribution in [2.45, 2.75) is 19.3 Å². The van der Waals surface area contributed by atoms with E-state index in [2.05, 4.69) is 45.8 Å². The number of ether oxygens (including phenoxy) is 3. The van der Waals surface area contributed by atoms with E-state index in [1.54, 1.807) is 4.57 Å². The van der Waals surface area contributed by atoms with Crippen LogP contribution in [0.5, 0.6) is 11.8 Å². The van der Waals surface area contributed by atoms with Gasteiger partial charge in [-0.05, 0) is 33.7 Å². The highest BCUT2D eigenvalue weighted by molar-refractivity contribution is 14.1. The molecule has 0 saturated carbocycles. The van der Waals surface area contributed by atoms with Gasteiger partial charge >= 0.3 is 11.8 Å². The van der Waals surface area contributed by atoms with Crippen LogP contribution in [0.3, 0.4) is 0 Å². The molecule has 8 nitrogen and oxygen atoms in total. The van der Waals surface area contributed by atoms with Gasteiger partial charge in [0.15, 0.2) is 0 Å². The van der Waals surface area contributed by atoms with Crippen LogP contribution < -0.4 is 9.47 Å². The summed E-state index contributed by atoms with van der Waals surface area (Å²) in [4.78, 5) is 14.2. The molecule has 0 amide bonds. The molecule has 2 heterocycles. The summed E-state index contributed by atoms with van der Waals surface area (Å²) in [7, 11) is 0. The number of rotatable bonds is 8. The van der Waals surface area contributed by atoms with Gasteiger partial charge in [-0.1, -0.05) is 59.0 Å². The lowest BCUT2D eigenvalue weighted by atomic mass is 10.0. The molecule has 0 bridgehead atoms. The third kappa shape index (κ3) is 4.90. The second-order valence-corrected chi connectivity index (χ2v) is 7.88. The second kappa shape index (κ2) is 9.43. The molecule has 1 aliphatic rings. The molecular weight excluding hydrogens is 501 g/mol. The topological polar surface area (TPSA) is 88.7 Å². The first-order valence-electron chi connectivity index (χ1n) is 9.46. The van der Waals surface area contributed by atoms with E-state index < -0.39 is 4.92 Å². The quantitative estimate of drug-likeness (QED) is 0.191. The second-order valence-electron chi connectivity index (χ2n) is 6.80. The third-order valence-electron chi connectivity index (χ3n) is 4.67. The van der Waals surface area contributed by atoms with E-state index in [4.69, 9.17) is 14.2 Å². The lowest BCUT2D eigenvalue weighted by Gasteiger charge is -2.22. The Morgan fingerprint density at radius 3 is 2.83 bits per heavy atom. The van der Waals surface area contributed by atoms with Gasteiger partial charge in [0.05, 0.1) is 19.8 Å². The molecule has 156 valence electrons. The van der Waals surface area contributed by atoms with Crippen LogP contribution in [0.4, 0.5) is 5.82 Å². The summed E-state index contributed by atoms with van der Waals surface area (Å²) in [6.07, 6.45) is 1.18. The molecule has 0 N–H and O–H groups in total. The highest BCUT2D eigenvalue weighted by Crippen LogP contribution is 2.25. The van der Waals surface area contributed by atoms with Gasteiger partial charge in [0.1, 0.15) is 24.7 Å². The summed E-state index contributed by atoms with van der Waals surface area (Å²) in [6.45, 7) is 1.91. The standard InChI is InChI=1S/C21H20IN3O5/c22-8-9-28-18-3-1-2-17(10-18)16-6-4-15(5-7-16)13-29-19-11-24-12-20(25(26)27)23-21(24)30-14-19/h1-7,10,12,19H,8-9,11,13-14H2/t19-/m0/s1. The zero-order valence-electron chi connectivity index (χ0n) is 16.1. The Hall–Kier alpha value is -2.66. The normalized spacial score (nSPS) is 15.3. The van der Waals surface area contributed by atoms with Crippen molar-refractivity contribution in [3.63, 3.8) is 0 Å². The number of nitrogens with zero attached hydrogens (tertiary/aromatic N) is 3. The zero-order valence-corrected chi connectivity index (χ0v) is 18.2. The minimum absolute atomic E-state index is 0.197. The largest absolute Gasteiger partial charge is 0.493 e. The van der Waals surface area contributed by atoms with Crippen molar-refractivity contribution >= 4 is 28.4 Å². The van der Waals surface area contributed by atoms with Crippen LogP contribution in [0.25, 0.3) is 11.1 Å². The van der Waals surface area contributed by atoms with Gasteiger partial charge < -0.3 is 24.3 Å². The lowest BCUT2D eigenvalue weighted by molar-refractivity contribution is -0.389. The summed E-state index contributed by atoms with van der Waals surface area (Å²) >= 11 is 2.29. The first-order valence-corrected chi connectivity index (χ1v) is 11.0. The fourth-order valence-electron chi connectivity index (χ4n) is 3.19. The summed E-state index contributed by atoms with van der Waals surface area (Å²) in [5.74, 6) is 0.651. The number of benzene rings is 2. The molecule has 0 radical (unpaired) electrons.